The topological polar surface area (TPSA) is 55.9 Å². The van der Waals surface area contributed by atoms with Crippen LogP contribution >= 0.6 is 0 Å². The maximum atomic E-state index is 10.3. The van der Waals surface area contributed by atoms with Crippen molar-refractivity contribution in [3.05, 3.63) is 12.7 Å². The first-order valence-corrected chi connectivity index (χ1v) is 5.36. The van der Waals surface area contributed by atoms with Gasteiger partial charge in [0.05, 0.1) is 6.61 Å². The van der Waals surface area contributed by atoms with Gasteiger partial charge in [0.1, 0.15) is 18.5 Å². The van der Waals surface area contributed by atoms with E-state index < -0.39 is 0 Å². The van der Waals surface area contributed by atoms with Crippen molar-refractivity contribution < 1.29 is 19.1 Å². The molecule has 0 bridgehead atoms. The molecule has 0 saturated carbocycles. The average molecular weight is 228 g/mol. The zero-order valence-electron chi connectivity index (χ0n) is 10.2. The lowest BCUT2D eigenvalue weighted by Gasteiger charge is -1.95. The fourth-order valence-electron chi connectivity index (χ4n) is 0.973. The second-order valence-corrected chi connectivity index (χ2v) is 4.09. The number of carbonyl (C=O) groups excluding carboxylic acids is 2. The highest BCUT2D eigenvalue weighted by molar-refractivity contribution is 5.81. The molecule has 1 fully saturated rings. The van der Waals surface area contributed by atoms with Gasteiger partial charge in [0.2, 0.25) is 0 Å². The Morgan fingerprint density at radius 3 is 2.38 bits per heavy atom. The van der Waals surface area contributed by atoms with Gasteiger partial charge in [-0.15, -0.1) is 0 Å². The van der Waals surface area contributed by atoms with E-state index in [4.69, 9.17) is 4.74 Å². The fraction of sp³-hybridized carbons (Fsp3) is 0.667. The van der Waals surface area contributed by atoms with Crippen LogP contribution in [0.25, 0.3) is 0 Å². The predicted octanol–water partition coefficient (Wildman–Crippen LogP) is 1.74. The van der Waals surface area contributed by atoms with Gasteiger partial charge in [-0.2, -0.15) is 0 Å². The van der Waals surface area contributed by atoms with Gasteiger partial charge < -0.3 is 14.3 Å². The molecule has 4 nitrogen and oxygen atoms in total. The third kappa shape index (κ3) is 10.9. The highest BCUT2D eigenvalue weighted by Crippen LogP contribution is 2.08. The van der Waals surface area contributed by atoms with E-state index in [0.717, 1.165) is 12.5 Å². The summed E-state index contributed by atoms with van der Waals surface area (Å²) in [6, 6.07) is 0. The van der Waals surface area contributed by atoms with Crippen LogP contribution in [0, 0.1) is 5.92 Å². The lowest BCUT2D eigenvalue weighted by atomic mass is 10.1. The van der Waals surface area contributed by atoms with Crippen LogP contribution in [0.1, 0.15) is 27.2 Å². The number of ether oxygens (including phenoxy) is 2. The molecule has 0 spiro atoms. The number of carbonyl (C=O) groups is 2. The van der Waals surface area contributed by atoms with E-state index in [-0.39, 0.29) is 17.9 Å². The van der Waals surface area contributed by atoms with E-state index in [0.29, 0.717) is 19.1 Å². The number of esters is 1. The molecule has 0 N–H and O–H groups in total. The minimum absolute atomic E-state index is 0.147. The summed E-state index contributed by atoms with van der Waals surface area (Å²) in [5.74, 6) is 0.429. The Hall–Kier alpha value is -1.16. The largest absolute Gasteiger partial charge is 0.460 e. The van der Waals surface area contributed by atoms with Crippen molar-refractivity contribution in [1.29, 1.82) is 0 Å². The van der Waals surface area contributed by atoms with Gasteiger partial charge in [-0.25, -0.2) is 4.79 Å². The number of epoxide rings is 1. The zero-order valence-corrected chi connectivity index (χ0v) is 10.2. The van der Waals surface area contributed by atoms with Crippen LogP contribution in [0.3, 0.4) is 0 Å². The first-order valence-electron chi connectivity index (χ1n) is 5.36. The van der Waals surface area contributed by atoms with Crippen LogP contribution in [0.5, 0.6) is 0 Å². The summed E-state index contributed by atoms with van der Waals surface area (Å²) in [5.41, 5.74) is 0. The first kappa shape index (κ1) is 14.8. The monoisotopic (exact) mass is 228 g/mol. The number of rotatable bonds is 5. The summed E-state index contributed by atoms with van der Waals surface area (Å²) in [4.78, 5) is 20.6. The second-order valence-electron chi connectivity index (χ2n) is 4.09. The molecule has 0 aromatic carbocycles. The van der Waals surface area contributed by atoms with E-state index >= 15 is 0 Å². The summed E-state index contributed by atoms with van der Waals surface area (Å²) in [7, 11) is 0. The Morgan fingerprint density at radius 1 is 1.56 bits per heavy atom. The molecule has 92 valence electrons. The molecule has 1 aliphatic heterocycles. The summed E-state index contributed by atoms with van der Waals surface area (Å²) in [6.07, 6.45) is 2.01. The maximum Gasteiger partial charge on any atom is 0.330 e. The number of Topliss-reactive ketones (excluding diaryl/α,β-unsaturated/α-hetero) is 1. The summed E-state index contributed by atoms with van der Waals surface area (Å²) >= 11 is 0. The van der Waals surface area contributed by atoms with E-state index in [9.17, 15) is 9.59 Å². The third-order valence-electron chi connectivity index (χ3n) is 1.68. The molecule has 4 heteroatoms. The smallest absolute Gasteiger partial charge is 0.330 e. The van der Waals surface area contributed by atoms with Gasteiger partial charge in [0, 0.05) is 12.5 Å². The summed E-state index contributed by atoms with van der Waals surface area (Å²) in [6.45, 7) is 10.0. The molecule has 1 heterocycles. The average Bonchev–Trinajstić information content (AvgIpc) is 2.96. The Labute approximate surface area is 96.6 Å². The highest BCUT2D eigenvalue weighted by atomic mass is 16.6. The molecule has 0 aliphatic carbocycles. The summed E-state index contributed by atoms with van der Waals surface area (Å²) < 4.78 is 9.42. The minimum Gasteiger partial charge on any atom is -0.460 e. The third-order valence-corrected chi connectivity index (χ3v) is 1.68. The van der Waals surface area contributed by atoms with Crippen LogP contribution in [0.2, 0.25) is 0 Å². The standard InChI is InChI=1S/C6H8O3.C6H12O/c1-2-6(7)9-4-5-3-8-5;1-5(2)4-6(3)7/h2,5H,1,3-4H2;5H,4H2,1-3H3. The second kappa shape index (κ2) is 8.05. The van der Waals surface area contributed by atoms with Crippen molar-refractivity contribution in [3.63, 3.8) is 0 Å². The number of ketones is 1. The lowest BCUT2D eigenvalue weighted by Crippen LogP contribution is -2.06. The van der Waals surface area contributed by atoms with Crippen molar-refractivity contribution >= 4 is 11.8 Å². The minimum atomic E-state index is -0.384. The van der Waals surface area contributed by atoms with Crippen LogP contribution < -0.4 is 0 Å². The molecule has 0 aromatic rings. The van der Waals surface area contributed by atoms with Crippen LogP contribution in [0.15, 0.2) is 12.7 Å². The molecule has 0 radical (unpaired) electrons. The molecule has 1 saturated heterocycles. The lowest BCUT2D eigenvalue weighted by molar-refractivity contribution is -0.138. The van der Waals surface area contributed by atoms with E-state index in [1.807, 2.05) is 13.8 Å². The SMILES string of the molecule is C=CC(=O)OCC1CO1.CC(=O)CC(C)C. The zero-order chi connectivity index (χ0) is 12.6. The Bertz CT molecular complexity index is 241. The Kier molecular flexibility index (Phi) is 7.46. The van der Waals surface area contributed by atoms with Gasteiger partial charge in [-0.05, 0) is 12.8 Å². The van der Waals surface area contributed by atoms with Gasteiger partial charge in [-0.1, -0.05) is 20.4 Å². The van der Waals surface area contributed by atoms with Gasteiger partial charge in [-0.3, -0.25) is 0 Å². The van der Waals surface area contributed by atoms with Gasteiger partial charge >= 0.3 is 5.97 Å². The molecule has 0 amide bonds. The molecular formula is C12H20O4. The molecule has 1 unspecified atom stereocenters. The highest BCUT2D eigenvalue weighted by Gasteiger charge is 2.23. The molecule has 0 aromatic heterocycles. The van der Waals surface area contributed by atoms with Crippen molar-refractivity contribution in [1.82, 2.24) is 0 Å². The van der Waals surface area contributed by atoms with E-state index in [1.165, 1.54) is 0 Å². The van der Waals surface area contributed by atoms with Crippen LogP contribution in [-0.2, 0) is 19.1 Å². The van der Waals surface area contributed by atoms with E-state index in [1.54, 1.807) is 6.92 Å². The number of hydrogen-bond acceptors (Lipinski definition) is 4. The Morgan fingerprint density at radius 2 is 2.12 bits per heavy atom. The van der Waals surface area contributed by atoms with Gasteiger partial charge in [0.15, 0.2) is 0 Å². The van der Waals surface area contributed by atoms with Crippen molar-refractivity contribution in [2.24, 2.45) is 5.92 Å². The van der Waals surface area contributed by atoms with Crippen molar-refractivity contribution in [3.8, 4) is 0 Å². The van der Waals surface area contributed by atoms with Crippen molar-refractivity contribution in [2.75, 3.05) is 13.2 Å². The van der Waals surface area contributed by atoms with Gasteiger partial charge in [0.25, 0.3) is 0 Å². The molecule has 1 aliphatic rings. The number of hydrogen-bond donors (Lipinski definition) is 0. The van der Waals surface area contributed by atoms with Crippen LogP contribution in [-0.4, -0.2) is 31.1 Å². The summed E-state index contributed by atoms with van der Waals surface area (Å²) in [5, 5.41) is 0. The quantitative estimate of drug-likeness (QED) is 0.408. The van der Waals surface area contributed by atoms with Crippen molar-refractivity contribution in [2.45, 2.75) is 33.3 Å². The normalized spacial score (nSPS) is 17.1. The predicted molar refractivity (Wildman–Crippen MR) is 61.0 cm³/mol. The molecule has 1 rings (SSSR count). The van der Waals surface area contributed by atoms with E-state index in [2.05, 4.69) is 11.3 Å². The van der Waals surface area contributed by atoms with Crippen LogP contribution in [0.4, 0.5) is 0 Å². The maximum absolute atomic E-state index is 10.3. The molecule has 1 atom stereocenters. The first-order chi connectivity index (χ1) is 7.45. The Balaban J connectivity index is 0.000000293. The molecule has 16 heavy (non-hydrogen) atoms. The molecular weight excluding hydrogens is 208 g/mol. The fourth-order valence-corrected chi connectivity index (χ4v) is 0.973.